The van der Waals surface area contributed by atoms with Crippen molar-refractivity contribution in [2.75, 3.05) is 6.61 Å². The highest BCUT2D eigenvalue weighted by Crippen LogP contribution is 2.51. The second-order valence-electron chi connectivity index (χ2n) is 9.47. The second-order valence-corrected chi connectivity index (χ2v) is 9.47. The van der Waals surface area contributed by atoms with Gasteiger partial charge in [-0.2, -0.15) is 0 Å². The summed E-state index contributed by atoms with van der Waals surface area (Å²) >= 11 is 0. The lowest BCUT2D eigenvalue weighted by molar-refractivity contribution is -0.263. The Morgan fingerprint density at radius 1 is 1.10 bits per heavy atom. The molecule has 0 bridgehead atoms. The molecule has 3 aliphatic rings. The molecule has 0 amide bonds. The van der Waals surface area contributed by atoms with Crippen molar-refractivity contribution in [3.63, 3.8) is 0 Å². The fourth-order valence-electron chi connectivity index (χ4n) is 4.60. The highest BCUT2D eigenvalue weighted by molar-refractivity contribution is 5.16. The standard InChI is InChI=1S/C22H32O7/c1-14(2)22(24)12-21(23,13-26-22)18-20(5,25-11-15-9-7-6-8-10-15)16-17(27-18)29-19(3,4)28-16/h6-10,14,16-18,23-24H,11-13H2,1-5H3/t16-,17+,18-,20-,21?,22?/m0/s1. The van der Waals surface area contributed by atoms with Crippen LogP contribution in [-0.4, -0.2) is 58.1 Å². The van der Waals surface area contributed by atoms with Crippen molar-refractivity contribution >= 4 is 0 Å². The van der Waals surface area contributed by atoms with Gasteiger partial charge in [0, 0.05) is 12.3 Å². The Labute approximate surface area is 171 Å². The van der Waals surface area contributed by atoms with Gasteiger partial charge >= 0.3 is 0 Å². The van der Waals surface area contributed by atoms with Crippen molar-refractivity contribution in [1.29, 1.82) is 0 Å². The molecule has 29 heavy (non-hydrogen) atoms. The number of hydrogen-bond acceptors (Lipinski definition) is 7. The largest absolute Gasteiger partial charge is 0.384 e. The van der Waals surface area contributed by atoms with Crippen molar-refractivity contribution in [2.24, 2.45) is 5.92 Å². The molecule has 0 radical (unpaired) electrons. The van der Waals surface area contributed by atoms with Gasteiger partial charge in [0.25, 0.3) is 0 Å². The van der Waals surface area contributed by atoms with Gasteiger partial charge in [0.2, 0.25) is 0 Å². The molecule has 1 aromatic rings. The Morgan fingerprint density at radius 2 is 1.79 bits per heavy atom. The van der Waals surface area contributed by atoms with Gasteiger partial charge in [0.05, 0.1) is 13.2 Å². The Morgan fingerprint density at radius 3 is 2.41 bits per heavy atom. The van der Waals surface area contributed by atoms with Gasteiger partial charge in [0.1, 0.15) is 23.4 Å². The van der Waals surface area contributed by atoms with Crippen LogP contribution in [0.5, 0.6) is 0 Å². The Hall–Kier alpha value is -1.06. The van der Waals surface area contributed by atoms with Crippen LogP contribution in [0.15, 0.2) is 30.3 Å². The Bertz CT molecular complexity index is 738. The van der Waals surface area contributed by atoms with Crippen molar-refractivity contribution in [1.82, 2.24) is 0 Å². The second kappa shape index (κ2) is 6.99. The average Bonchev–Trinajstić information content (AvgIpc) is 3.24. The van der Waals surface area contributed by atoms with E-state index in [0.29, 0.717) is 6.61 Å². The van der Waals surface area contributed by atoms with Crippen molar-refractivity contribution in [3.8, 4) is 0 Å². The van der Waals surface area contributed by atoms with Gasteiger partial charge in [-0.1, -0.05) is 44.2 Å². The van der Waals surface area contributed by atoms with Crippen LogP contribution in [0.1, 0.15) is 46.6 Å². The van der Waals surface area contributed by atoms with E-state index in [9.17, 15) is 10.2 Å². The van der Waals surface area contributed by atoms with Gasteiger partial charge in [-0.25, -0.2) is 0 Å². The van der Waals surface area contributed by atoms with Crippen LogP contribution < -0.4 is 0 Å². The molecular formula is C22H32O7. The van der Waals surface area contributed by atoms with E-state index < -0.39 is 41.3 Å². The predicted octanol–water partition coefficient (Wildman–Crippen LogP) is 2.33. The molecule has 0 saturated carbocycles. The zero-order valence-corrected chi connectivity index (χ0v) is 17.8. The number of aliphatic hydroxyl groups is 2. The van der Waals surface area contributed by atoms with Crippen LogP contribution in [0.2, 0.25) is 0 Å². The fraction of sp³-hybridized carbons (Fsp3) is 0.727. The van der Waals surface area contributed by atoms with Crippen molar-refractivity contribution in [3.05, 3.63) is 35.9 Å². The lowest BCUT2D eigenvalue weighted by Gasteiger charge is -2.41. The summed E-state index contributed by atoms with van der Waals surface area (Å²) in [4.78, 5) is 0. The zero-order chi connectivity index (χ0) is 21.1. The predicted molar refractivity (Wildman–Crippen MR) is 104 cm³/mol. The highest BCUT2D eigenvalue weighted by atomic mass is 16.8. The van der Waals surface area contributed by atoms with Gasteiger partial charge in [-0.05, 0) is 26.3 Å². The molecule has 7 heteroatoms. The summed E-state index contributed by atoms with van der Waals surface area (Å²) in [5.41, 5.74) is -1.44. The molecule has 2 unspecified atom stereocenters. The van der Waals surface area contributed by atoms with E-state index in [2.05, 4.69) is 0 Å². The molecule has 2 N–H and O–H groups in total. The number of rotatable bonds is 5. The fourth-order valence-corrected chi connectivity index (χ4v) is 4.60. The maximum Gasteiger partial charge on any atom is 0.190 e. The quantitative estimate of drug-likeness (QED) is 0.773. The smallest absolute Gasteiger partial charge is 0.190 e. The lowest BCUT2D eigenvalue weighted by atomic mass is 9.79. The van der Waals surface area contributed by atoms with Gasteiger partial charge in [-0.3, -0.25) is 0 Å². The summed E-state index contributed by atoms with van der Waals surface area (Å²) in [6.45, 7) is 9.51. The van der Waals surface area contributed by atoms with E-state index >= 15 is 0 Å². The molecule has 4 rings (SSSR count). The first-order valence-corrected chi connectivity index (χ1v) is 10.3. The normalized spacial score (nSPS) is 43.8. The van der Waals surface area contributed by atoms with E-state index in [4.69, 9.17) is 23.7 Å². The Balaban J connectivity index is 1.62. The van der Waals surface area contributed by atoms with E-state index in [1.165, 1.54) is 0 Å². The van der Waals surface area contributed by atoms with Crippen LogP contribution in [-0.2, 0) is 30.3 Å². The molecule has 0 aliphatic carbocycles. The minimum atomic E-state index is -1.44. The molecule has 0 aromatic heterocycles. The topological polar surface area (TPSA) is 86.6 Å². The number of benzene rings is 1. The molecule has 7 nitrogen and oxygen atoms in total. The van der Waals surface area contributed by atoms with Crippen molar-refractivity contribution in [2.45, 2.75) is 88.9 Å². The molecule has 162 valence electrons. The first-order chi connectivity index (χ1) is 13.5. The van der Waals surface area contributed by atoms with Crippen LogP contribution in [0.25, 0.3) is 0 Å². The zero-order valence-electron chi connectivity index (χ0n) is 17.8. The van der Waals surface area contributed by atoms with Crippen molar-refractivity contribution < 1.29 is 33.9 Å². The minimum Gasteiger partial charge on any atom is -0.384 e. The van der Waals surface area contributed by atoms with Gasteiger partial charge in [-0.15, -0.1) is 0 Å². The van der Waals surface area contributed by atoms with E-state index in [1.807, 2.05) is 65.0 Å². The third-order valence-corrected chi connectivity index (χ3v) is 6.33. The third kappa shape index (κ3) is 3.63. The first-order valence-electron chi connectivity index (χ1n) is 10.3. The summed E-state index contributed by atoms with van der Waals surface area (Å²) in [6.07, 6.45) is -1.97. The van der Waals surface area contributed by atoms with Crippen LogP contribution in [0.4, 0.5) is 0 Å². The number of fused-ring (bicyclic) bond motifs is 1. The summed E-state index contributed by atoms with van der Waals surface area (Å²) in [5.74, 6) is -2.41. The SMILES string of the molecule is CC(C)C1(O)CC(O)([C@H]2O[C@@H]3OC(C)(C)O[C@@H]3[C@]2(C)OCc2ccccc2)CO1. The summed E-state index contributed by atoms with van der Waals surface area (Å²) in [7, 11) is 0. The minimum absolute atomic E-state index is 0.0233. The van der Waals surface area contributed by atoms with Crippen LogP contribution >= 0.6 is 0 Å². The molecule has 3 fully saturated rings. The summed E-state index contributed by atoms with van der Waals surface area (Å²) in [5, 5.41) is 22.3. The molecule has 6 atom stereocenters. The first kappa shape index (κ1) is 21.2. The molecular weight excluding hydrogens is 376 g/mol. The molecule has 1 aromatic carbocycles. The third-order valence-electron chi connectivity index (χ3n) is 6.33. The molecule has 3 saturated heterocycles. The van der Waals surface area contributed by atoms with Crippen LogP contribution in [0, 0.1) is 5.92 Å². The van der Waals surface area contributed by atoms with E-state index in [-0.39, 0.29) is 18.9 Å². The summed E-state index contributed by atoms with van der Waals surface area (Å²) < 4.78 is 30.2. The number of ether oxygens (including phenoxy) is 5. The monoisotopic (exact) mass is 408 g/mol. The lowest BCUT2D eigenvalue weighted by Crippen LogP contribution is -2.59. The molecule has 3 aliphatic heterocycles. The Kier molecular flexibility index (Phi) is 5.10. The molecule has 0 spiro atoms. The number of hydrogen-bond donors (Lipinski definition) is 2. The highest BCUT2D eigenvalue weighted by Gasteiger charge is 2.69. The average molecular weight is 408 g/mol. The van der Waals surface area contributed by atoms with Gasteiger partial charge in [0.15, 0.2) is 17.9 Å². The van der Waals surface area contributed by atoms with Gasteiger partial charge < -0.3 is 33.9 Å². The van der Waals surface area contributed by atoms with E-state index in [1.54, 1.807) is 0 Å². The van der Waals surface area contributed by atoms with E-state index in [0.717, 1.165) is 5.56 Å². The maximum atomic E-state index is 11.5. The summed E-state index contributed by atoms with van der Waals surface area (Å²) in [6, 6.07) is 9.81. The molecule has 3 heterocycles. The maximum absolute atomic E-state index is 11.5. The van der Waals surface area contributed by atoms with Crippen LogP contribution in [0.3, 0.4) is 0 Å².